The van der Waals surface area contributed by atoms with Crippen LogP contribution in [0, 0.1) is 0 Å². The first-order valence-electron chi connectivity index (χ1n) is 3.05. The van der Waals surface area contributed by atoms with Crippen molar-refractivity contribution in [1.29, 1.82) is 0 Å². The Bertz CT molecular complexity index is 150. The highest BCUT2D eigenvalue weighted by atomic mass is 16.0. The number of imidazole rings is 1. The summed E-state index contributed by atoms with van der Waals surface area (Å²) in [4.78, 5) is 6.91. The summed E-state index contributed by atoms with van der Waals surface area (Å²) in [6.07, 6.45) is 4.57. The largest absolute Gasteiger partial charge is 0.412 e. The fraction of sp³-hybridized carbons (Fsp3) is 0.500. The summed E-state index contributed by atoms with van der Waals surface area (Å²) in [5.41, 5.74) is 1.18. The molecular formula is C6H13N3O. The van der Waals surface area contributed by atoms with E-state index in [0.29, 0.717) is 0 Å². The monoisotopic (exact) mass is 143 g/mol. The van der Waals surface area contributed by atoms with Crippen LogP contribution in [0.4, 0.5) is 0 Å². The zero-order valence-electron chi connectivity index (χ0n) is 6.02. The second kappa shape index (κ2) is 4.96. The molecule has 0 radical (unpaired) electrons. The van der Waals surface area contributed by atoms with Crippen molar-refractivity contribution in [3.8, 4) is 0 Å². The van der Waals surface area contributed by atoms with Gasteiger partial charge in [0, 0.05) is 24.9 Å². The Hall–Kier alpha value is -0.870. The van der Waals surface area contributed by atoms with E-state index >= 15 is 0 Å². The minimum Gasteiger partial charge on any atom is -0.412 e. The second-order valence-electron chi connectivity index (χ2n) is 1.93. The predicted octanol–water partition coefficient (Wildman–Crippen LogP) is -0.653. The van der Waals surface area contributed by atoms with Crippen molar-refractivity contribution in [1.82, 2.24) is 15.3 Å². The predicted molar refractivity (Wildman–Crippen MR) is 39.8 cm³/mol. The molecule has 1 rings (SSSR count). The molecule has 0 unspecified atom stereocenters. The Morgan fingerprint density at radius 1 is 1.70 bits per heavy atom. The smallest absolute Gasteiger partial charge is 0.0921 e. The number of nitrogens with zero attached hydrogens (tertiary/aromatic N) is 1. The highest BCUT2D eigenvalue weighted by molar-refractivity contribution is 4.94. The van der Waals surface area contributed by atoms with Gasteiger partial charge in [-0.3, -0.25) is 0 Å². The van der Waals surface area contributed by atoms with E-state index in [0.717, 1.165) is 13.0 Å². The van der Waals surface area contributed by atoms with E-state index in [4.69, 9.17) is 0 Å². The molecule has 0 aliphatic carbocycles. The number of likely N-dealkylation sites (N-methyl/N-ethyl adjacent to an activating group) is 1. The molecule has 0 amide bonds. The molecule has 1 aromatic heterocycles. The van der Waals surface area contributed by atoms with E-state index in [-0.39, 0.29) is 5.48 Å². The number of hydrogen-bond acceptors (Lipinski definition) is 2. The van der Waals surface area contributed by atoms with Crippen molar-refractivity contribution in [3.05, 3.63) is 18.2 Å². The van der Waals surface area contributed by atoms with Crippen LogP contribution in [0.3, 0.4) is 0 Å². The number of aromatic amines is 1. The van der Waals surface area contributed by atoms with Gasteiger partial charge in [-0.05, 0) is 7.05 Å². The molecule has 4 heteroatoms. The fourth-order valence-electron chi connectivity index (χ4n) is 0.681. The summed E-state index contributed by atoms with van der Waals surface area (Å²) in [5, 5.41) is 3.06. The van der Waals surface area contributed by atoms with E-state index in [1.807, 2.05) is 13.2 Å². The van der Waals surface area contributed by atoms with Crippen LogP contribution < -0.4 is 5.32 Å². The lowest BCUT2D eigenvalue weighted by Gasteiger charge is -1.93. The van der Waals surface area contributed by atoms with Crippen LogP contribution >= 0.6 is 0 Å². The van der Waals surface area contributed by atoms with Crippen molar-refractivity contribution in [3.63, 3.8) is 0 Å². The quantitative estimate of drug-likeness (QED) is 0.590. The lowest BCUT2D eigenvalue weighted by molar-refractivity contribution is 0.780. The minimum absolute atomic E-state index is 0. The Balaban J connectivity index is 0.000000810. The molecule has 0 aromatic carbocycles. The van der Waals surface area contributed by atoms with Crippen LogP contribution in [-0.2, 0) is 6.42 Å². The van der Waals surface area contributed by atoms with Crippen LogP contribution in [0.5, 0.6) is 0 Å². The Morgan fingerprint density at radius 2 is 2.50 bits per heavy atom. The van der Waals surface area contributed by atoms with Gasteiger partial charge < -0.3 is 15.8 Å². The van der Waals surface area contributed by atoms with E-state index in [1.165, 1.54) is 5.69 Å². The molecule has 0 atom stereocenters. The van der Waals surface area contributed by atoms with E-state index < -0.39 is 0 Å². The maximum absolute atomic E-state index is 3.89. The van der Waals surface area contributed by atoms with Gasteiger partial charge >= 0.3 is 0 Å². The second-order valence-corrected chi connectivity index (χ2v) is 1.93. The summed E-state index contributed by atoms with van der Waals surface area (Å²) in [6.45, 7) is 1.00. The molecule has 0 aliphatic rings. The van der Waals surface area contributed by atoms with Gasteiger partial charge in [0.15, 0.2) is 0 Å². The standard InChI is InChI=1S/C6H11N3.H2O/c1-7-3-2-6-4-8-5-9-6;/h4-5,7H,2-3H2,1H3,(H,8,9);1H2. The Kier molecular flexibility index (Phi) is 4.53. The molecule has 4 N–H and O–H groups in total. The molecule has 4 nitrogen and oxygen atoms in total. The number of hydrogen-bond donors (Lipinski definition) is 2. The van der Waals surface area contributed by atoms with E-state index in [9.17, 15) is 0 Å². The van der Waals surface area contributed by atoms with Crippen LogP contribution in [0.1, 0.15) is 5.69 Å². The third kappa shape index (κ3) is 2.61. The zero-order chi connectivity index (χ0) is 6.53. The highest BCUT2D eigenvalue weighted by Crippen LogP contribution is 1.89. The van der Waals surface area contributed by atoms with Gasteiger partial charge in [-0.2, -0.15) is 0 Å². The van der Waals surface area contributed by atoms with Gasteiger partial charge in [0.05, 0.1) is 6.33 Å². The zero-order valence-corrected chi connectivity index (χ0v) is 6.02. The van der Waals surface area contributed by atoms with Crippen LogP contribution in [0.25, 0.3) is 0 Å². The third-order valence-corrected chi connectivity index (χ3v) is 1.20. The highest BCUT2D eigenvalue weighted by Gasteiger charge is 1.89. The topological polar surface area (TPSA) is 72.2 Å². The molecular weight excluding hydrogens is 130 g/mol. The molecule has 10 heavy (non-hydrogen) atoms. The normalized spacial score (nSPS) is 8.90. The number of nitrogens with one attached hydrogen (secondary N) is 2. The molecule has 0 saturated heterocycles. The number of aromatic nitrogens is 2. The van der Waals surface area contributed by atoms with Gasteiger partial charge in [0.25, 0.3) is 0 Å². The van der Waals surface area contributed by atoms with Crippen molar-refractivity contribution < 1.29 is 5.48 Å². The molecule has 1 aromatic rings. The molecule has 0 fully saturated rings. The summed E-state index contributed by atoms with van der Waals surface area (Å²) < 4.78 is 0. The molecule has 0 spiro atoms. The molecule has 58 valence electrons. The maximum atomic E-state index is 3.89. The molecule has 0 bridgehead atoms. The first kappa shape index (κ1) is 9.13. The fourth-order valence-corrected chi connectivity index (χ4v) is 0.681. The van der Waals surface area contributed by atoms with Crippen molar-refractivity contribution in [2.24, 2.45) is 0 Å². The van der Waals surface area contributed by atoms with Gasteiger partial charge in [0.1, 0.15) is 0 Å². The maximum Gasteiger partial charge on any atom is 0.0921 e. The first-order chi connectivity index (χ1) is 4.43. The Morgan fingerprint density at radius 3 is 3.00 bits per heavy atom. The van der Waals surface area contributed by atoms with Crippen LogP contribution in [-0.4, -0.2) is 29.0 Å². The van der Waals surface area contributed by atoms with Crippen molar-refractivity contribution in [2.45, 2.75) is 6.42 Å². The number of H-pyrrole nitrogens is 1. The van der Waals surface area contributed by atoms with Crippen molar-refractivity contribution in [2.75, 3.05) is 13.6 Å². The van der Waals surface area contributed by atoms with Gasteiger partial charge in [0.2, 0.25) is 0 Å². The first-order valence-corrected chi connectivity index (χ1v) is 3.05. The summed E-state index contributed by atoms with van der Waals surface area (Å²) in [7, 11) is 1.94. The average molecular weight is 143 g/mol. The molecule has 0 saturated carbocycles. The van der Waals surface area contributed by atoms with E-state index in [2.05, 4.69) is 15.3 Å². The average Bonchev–Trinajstić information content (AvgIpc) is 2.34. The lowest BCUT2D eigenvalue weighted by atomic mass is 10.3. The van der Waals surface area contributed by atoms with Crippen molar-refractivity contribution >= 4 is 0 Å². The number of rotatable bonds is 3. The van der Waals surface area contributed by atoms with Gasteiger partial charge in [-0.25, -0.2) is 4.98 Å². The van der Waals surface area contributed by atoms with Crippen LogP contribution in [0.2, 0.25) is 0 Å². The summed E-state index contributed by atoms with van der Waals surface area (Å²) >= 11 is 0. The molecule has 0 aliphatic heterocycles. The molecule has 1 heterocycles. The third-order valence-electron chi connectivity index (χ3n) is 1.20. The summed E-state index contributed by atoms with van der Waals surface area (Å²) in [6, 6.07) is 0. The SMILES string of the molecule is CNCCc1cnc[nH]1.O. The minimum atomic E-state index is 0. The Labute approximate surface area is 60.0 Å². The summed E-state index contributed by atoms with van der Waals surface area (Å²) in [5.74, 6) is 0. The lowest BCUT2D eigenvalue weighted by Crippen LogP contribution is -2.10. The van der Waals surface area contributed by atoms with Gasteiger partial charge in [-0.15, -0.1) is 0 Å². The van der Waals surface area contributed by atoms with Crippen LogP contribution in [0.15, 0.2) is 12.5 Å². The van der Waals surface area contributed by atoms with E-state index in [1.54, 1.807) is 6.33 Å². The van der Waals surface area contributed by atoms with Gasteiger partial charge in [-0.1, -0.05) is 0 Å².